The molecule has 0 saturated carbocycles. The third-order valence-corrected chi connectivity index (χ3v) is 2.73. The van der Waals surface area contributed by atoms with Gasteiger partial charge in [-0.2, -0.15) is 0 Å². The molecule has 2 rings (SSSR count). The maximum Gasteiger partial charge on any atom is 0.251 e. The standard InChI is InChI=1S/C12H10Cl2N2O/c1-2-10-6-11(17)16-12(15-10)7-3-8(13)5-9(14)4-7/h3-6H,2H2,1H3,(H,15,16,17). The van der Waals surface area contributed by atoms with Crippen molar-refractivity contribution < 1.29 is 0 Å². The Morgan fingerprint density at radius 3 is 2.41 bits per heavy atom. The molecule has 0 aliphatic heterocycles. The van der Waals surface area contributed by atoms with Crippen LogP contribution in [-0.2, 0) is 6.42 Å². The highest BCUT2D eigenvalue weighted by Crippen LogP contribution is 2.24. The number of hydrogen-bond acceptors (Lipinski definition) is 2. The van der Waals surface area contributed by atoms with Crippen LogP contribution in [0.4, 0.5) is 0 Å². The van der Waals surface area contributed by atoms with E-state index in [9.17, 15) is 4.79 Å². The van der Waals surface area contributed by atoms with Crippen LogP contribution in [0.3, 0.4) is 0 Å². The van der Waals surface area contributed by atoms with E-state index < -0.39 is 0 Å². The molecular formula is C12H10Cl2N2O. The first-order valence-electron chi connectivity index (χ1n) is 5.15. The van der Waals surface area contributed by atoms with Crippen molar-refractivity contribution in [3.63, 3.8) is 0 Å². The number of nitrogens with zero attached hydrogens (tertiary/aromatic N) is 1. The van der Waals surface area contributed by atoms with Gasteiger partial charge in [0.05, 0.1) is 0 Å². The zero-order valence-corrected chi connectivity index (χ0v) is 10.6. The first-order chi connectivity index (χ1) is 8.08. The summed E-state index contributed by atoms with van der Waals surface area (Å²) in [6, 6.07) is 6.54. The Balaban J connectivity index is 2.59. The van der Waals surface area contributed by atoms with E-state index in [1.54, 1.807) is 18.2 Å². The van der Waals surface area contributed by atoms with Gasteiger partial charge in [-0.1, -0.05) is 30.1 Å². The number of halogens is 2. The molecule has 88 valence electrons. The molecule has 0 amide bonds. The molecule has 3 nitrogen and oxygen atoms in total. The molecule has 2 aromatic rings. The van der Waals surface area contributed by atoms with Gasteiger partial charge in [0.25, 0.3) is 5.56 Å². The number of aromatic amines is 1. The van der Waals surface area contributed by atoms with Crippen LogP contribution in [0.1, 0.15) is 12.6 Å². The fraction of sp³-hybridized carbons (Fsp3) is 0.167. The molecule has 5 heteroatoms. The molecule has 0 saturated heterocycles. The minimum absolute atomic E-state index is 0.178. The minimum Gasteiger partial charge on any atom is -0.307 e. The van der Waals surface area contributed by atoms with Crippen molar-refractivity contribution in [1.82, 2.24) is 9.97 Å². The number of nitrogens with one attached hydrogen (secondary N) is 1. The molecule has 0 atom stereocenters. The van der Waals surface area contributed by atoms with Crippen molar-refractivity contribution in [2.24, 2.45) is 0 Å². The highest BCUT2D eigenvalue weighted by molar-refractivity contribution is 6.35. The van der Waals surface area contributed by atoms with E-state index in [0.29, 0.717) is 27.9 Å². The summed E-state index contributed by atoms with van der Waals surface area (Å²) in [5, 5.41) is 1.02. The number of aromatic nitrogens is 2. The number of rotatable bonds is 2. The maximum absolute atomic E-state index is 11.5. The van der Waals surface area contributed by atoms with Crippen molar-refractivity contribution >= 4 is 23.2 Å². The molecule has 0 aliphatic carbocycles. The van der Waals surface area contributed by atoms with Gasteiger partial charge < -0.3 is 4.98 Å². The van der Waals surface area contributed by atoms with Crippen LogP contribution >= 0.6 is 23.2 Å². The lowest BCUT2D eigenvalue weighted by atomic mass is 10.2. The van der Waals surface area contributed by atoms with Gasteiger partial charge in [0.2, 0.25) is 0 Å². The lowest BCUT2D eigenvalue weighted by Gasteiger charge is -2.04. The van der Waals surface area contributed by atoms with E-state index >= 15 is 0 Å². The van der Waals surface area contributed by atoms with Crippen LogP contribution in [0.15, 0.2) is 29.1 Å². The molecule has 0 aliphatic rings. The average Bonchev–Trinajstić information content (AvgIpc) is 2.26. The van der Waals surface area contributed by atoms with Crippen molar-refractivity contribution in [1.29, 1.82) is 0 Å². The first-order valence-corrected chi connectivity index (χ1v) is 5.91. The molecule has 0 spiro atoms. The lowest BCUT2D eigenvalue weighted by molar-refractivity contribution is 0.987. The van der Waals surface area contributed by atoms with E-state index in [2.05, 4.69) is 9.97 Å². The van der Waals surface area contributed by atoms with Crippen LogP contribution < -0.4 is 5.56 Å². The Morgan fingerprint density at radius 1 is 1.18 bits per heavy atom. The molecule has 1 aromatic heterocycles. The second-order valence-electron chi connectivity index (χ2n) is 3.60. The normalized spacial score (nSPS) is 10.5. The second-order valence-corrected chi connectivity index (χ2v) is 4.47. The topological polar surface area (TPSA) is 45.8 Å². The van der Waals surface area contributed by atoms with Gasteiger partial charge in [-0.3, -0.25) is 4.79 Å². The van der Waals surface area contributed by atoms with Crippen molar-refractivity contribution in [3.8, 4) is 11.4 Å². The van der Waals surface area contributed by atoms with Gasteiger partial charge in [0, 0.05) is 27.4 Å². The summed E-state index contributed by atoms with van der Waals surface area (Å²) < 4.78 is 0. The zero-order valence-electron chi connectivity index (χ0n) is 9.13. The zero-order chi connectivity index (χ0) is 12.4. The lowest BCUT2D eigenvalue weighted by Crippen LogP contribution is -2.09. The highest BCUT2D eigenvalue weighted by atomic mass is 35.5. The number of benzene rings is 1. The Morgan fingerprint density at radius 2 is 1.82 bits per heavy atom. The predicted octanol–water partition coefficient (Wildman–Crippen LogP) is 3.31. The fourth-order valence-electron chi connectivity index (χ4n) is 1.52. The summed E-state index contributed by atoms with van der Waals surface area (Å²) in [4.78, 5) is 18.5. The van der Waals surface area contributed by atoms with E-state index in [-0.39, 0.29) is 5.56 Å². The molecule has 17 heavy (non-hydrogen) atoms. The summed E-state index contributed by atoms with van der Waals surface area (Å²) in [7, 11) is 0. The van der Waals surface area contributed by atoms with E-state index in [1.165, 1.54) is 6.07 Å². The van der Waals surface area contributed by atoms with Crippen molar-refractivity contribution in [3.05, 3.63) is 50.4 Å². The van der Waals surface area contributed by atoms with Gasteiger partial charge in [-0.25, -0.2) is 4.98 Å². The van der Waals surface area contributed by atoms with Gasteiger partial charge in [0.1, 0.15) is 5.82 Å². The summed E-state index contributed by atoms with van der Waals surface area (Å²) >= 11 is 11.8. The van der Waals surface area contributed by atoms with Crippen LogP contribution in [0, 0.1) is 0 Å². The van der Waals surface area contributed by atoms with Gasteiger partial charge in [-0.15, -0.1) is 0 Å². The van der Waals surface area contributed by atoms with Gasteiger partial charge >= 0.3 is 0 Å². The molecule has 0 radical (unpaired) electrons. The third kappa shape index (κ3) is 2.87. The molecular weight excluding hydrogens is 259 g/mol. The Kier molecular flexibility index (Phi) is 3.50. The Labute approximate surface area is 108 Å². The molecule has 0 fully saturated rings. The largest absolute Gasteiger partial charge is 0.307 e. The molecule has 0 unspecified atom stereocenters. The SMILES string of the molecule is CCc1cc(=O)[nH]c(-c2cc(Cl)cc(Cl)c2)n1. The van der Waals surface area contributed by atoms with Crippen LogP contribution in [-0.4, -0.2) is 9.97 Å². The van der Waals surface area contributed by atoms with E-state index in [1.807, 2.05) is 6.92 Å². The first kappa shape index (κ1) is 12.1. The van der Waals surface area contributed by atoms with E-state index in [0.717, 1.165) is 5.69 Å². The highest BCUT2D eigenvalue weighted by Gasteiger charge is 2.05. The Hall–Kier alpha value is -1.32. The maximum atomic E-state index is 11.5. The Bertz CT molecular complexity index is 587. The summed E-state index contributed by atoms with van der Waals surface area (Å²) in [6.45, 7) is 1.94. The molecule has 1 N–H and O–H groups in total. The van der Waals surface area contributed by atoms with Gasteiger partial charge in [0.15, 0.2) is 0 Å². The summed E-state index contributed by atoms with van der Waals surface area (Å²) in [5.74, 6) is 0.485. The quantitative estimate of drug-likeness (QED) is 0.909. The van der Waals surface area contributed by atoms with Crippen LogP contribution in [0.5, 0.6) is 0 Å². The van der Waals surface area contributed by atoms with Crippen LogP contribution in [0.2, 0.25) is 10.0 Å². The summed E-state index contributed by atoms with van der Waals surface area (Å²) in [6.07, 6.45) is 0.700. The molecule has 1 aromatic carbocycles. The monoisotopic (exact) mass is 268 g/mol. The van der Waals surface area contributed by atoms with Crippen molar-refractivity contribution in [2.45, 2.75) is 13.3 Å². The predicted molar refractivity (Wildman–Crippen MR) is 69.7 cm³/mol. The fourth-order valence-corrected chi connectivity index (χ4v) is 2.04. The summed E-state index contributed by atoms with van der Waals surface area (Å²) in [5.41, 5.74) is 1.26. The average molecular weight is 269 g/mol. The van der Waals surface area contributed by atoms with Crippen molar-refractivity contribution in [2.75, 3.05) is 0 Å². The molecule has 1 heterocycles. The van der Waals surface area contributed by atoms with E-state index in [4.69, 9.17) is 23.2 Å². The second kappa shape index (κ2) is 4.90. The number of aryl methyl sites for hydroxylation is 1. The smallest absolute Gasteiger partial charge is 0.251 e. The van der Waals surface area contributed by atoms with Gasteiger partial charge in [-0.05, 0) is 24.6 Å². The number of H-pyrrole nitrogens is 1. The third-order valence-electron chi connectivity index (χ3n) is 2.29. The molecule has 0 bridgehead atoms. The number of hydrogen-bond donors (Lipinski definition) is 1. The van der Waals surface area contributed by atoms with Crippen LogP contribution in [0.25, 0.3) is 11.4 Å². The minimum atomic E-state index is -0.178.